The summed E-state index contributed by atoms with van der Waals surface area (Å²) < 4.78 is 0.858. The van der Waals surface area contributed by atoms with Crippen LogP contribution in [0.3, 0.4) is 0 Å². The van der Waals surface area contributed by atoms with E-state index in [4.69, 9.17) is 5.11 Å². The van der Waals surface area contributed by atoms with Crippen molar-refractivity contribution in [2.45, 2.75) is 6.42 Å². The van der Waals surface area contributed by atoms with E-state index in [-0.39, 0.29) is 18.7 Å². The Morgan fingerprint density at radius 2 is 2.12 bits per heavy atom. The monoisotopic (exact) mass is 299 g/mol. The Labute approximate surface area is 108 Å². The molecule has 0 radical (unpaired) electrons. The molecule has 0 atom stereocenters. The first kappa shape index (κ1) is 13.9. The van der Waals surface area contributed by atoms with Gasteiger partial charge in [-0.15, -0.1) is 0 Å². The van der Waals surface area contributed by atoms with Gasteiger partial charge < -0.3 is 5.11 Å². The Morgan fingerprint density at radius 1 is 1.41 bits per heavy atom. The molecule has 5 heteroatoms. The van der Waals surface area contributed by atoms with Crippen molar-refractivity contribution in [2.75, 3.05) is 20.1 Å². The number of carboxylic acid groups (broad SMARTS) is 1. The van der Waals surface area contributed by atoms with Gasteiger partial charge in [-0.2, -0.15) is 0 Å². The highest BCUT2D eigenvalue weighted by atomic mass is 79.9. The smallest absolute Gasteiger partial charge is 0.304 e. The molecule has 0 aliphatic carbocycles. The van der Waals surface area contributed by atoms with E-state index in [1.165, 1.54) is 0 Å². The van der Waals surface area contributed by atoms with Crippen molar-refractivity contribution in [1.29, 1.82) is 0 Å². The first-order valence-electron chi connectivity index (χ1n) is 5.18. The Bertz CT molecular complexity index is 420. The van der Waals surface area contributed by atoms with Gasteiger partial charge in [0.1, 0.15) is 0 Å². The van der Waals surface area contributed by atoms with E-state index in [9.17, 15) is 9.59 Å². The average molecular weight is 300 g/mol. The van der Waals surface area contributed by atoms with Crippen LogP contribution in [0.5, 0.6) is 0 Å². The number of benzene rings is 1. The van der Waals surface area contributed by atoms with Gasteiger partial charge in [0, 0.05) is 16.6 Å². The molecule has 92 valence electrons. The van der Waals surface area contributed by atoms with Crippen molar-refractivity contribution < 1.29 is 14.7 Å². The summed E-state index contributed by atoms with van der Waals surface area (Å²) in [5.74, 6) is -0.869. The van der Waals surface area contributed by atoms with Crippen LogP contribution in [0.1, 0.15) is 16.8 Å². The number of ketones is 1. The molecule has 17 heavy (non-hydrogen) atoms. The predicted octanol–water partition coefficient (Wildman–Crippen LogP) is 2.04. The standard InChI is InChI=1S/C12H14BrNO3/c1-14(6-5-12(16)17)8-11(15)9-3-2-4-10(13)7-9/h2-4,7H,5-6,8H2,1H3,(H,16,17). The van der Waals surface area contributed by atoms with Crippen LogP contribution in [-0.4, -0.2) is 41.9 Å². The highest BCUT2D eigenvalue weighted by Gasteiger charge is 2.10. The number of halogens is 1. The van der Waals surface area contributed by atoms with Gasteiger partial charge in [-0.3, -0.25) is 14.5 Å². The fraction of sp³-hybridized carbons (Fsp3) is 0.333. The van der Waals surface area contributed by atoms with Crippen LogP contribution in [-0.2, 0) is 4.79 Å². The summed E-state index contributed by atoms with van der Waals surface area (Å²) >= 11 is 3.30. The second kappa shape index (κ2) is 6.51. The van der Waals surface area contributed by atoms with E-state index in [1.807, 2.05) is 6.07 Å². The highest BCUT2D eigenvalue weighted by molar-refractivity contribution is 9.10. The number of carbonyl (C=O) groups is 2. The number of hydrogen-bond donors (Lipinski definition) is 1. The molecule has 0 bridgehead atoms. The molecule has 0 spiro atoms. The number of carbonyl (C=O) groups excluding carboxylic acids is 1. The molecular weight excluding hydrogens is 286 g/mol. The Morgan fingerprint density at radius 3 is 2.71 bits per heavy atom. The topological polar surface area (TPSA) is 57.6 Å². The lowest BCUT2D eigenvalue weighted by atomic mass is 10.1. The SMILES string of the molecule is CN(CCC(=O)O)CC(=O)c1cccc(Br)c1. The lowest BCUT2D eigenvalue weighted by molar-refractivity contribution is -0.137. The summed E-state index contributed by atoms with van der Waals surface area (Å²) in [6, 6.07) is 7.16. The summed E-state index contributed by atoms with van der Waals surface area (Å²) in [6.45, 7) is 0.596. The van der Waals surface area contributed by atoms with E-state index in [1.54, 1.807) is 30.1 Å². The molecule has 0 aliphatic rings. The maximum Gasteiger partial charge on any atom is 0.304 e. The Hall–Kier alpha value is -1.20. The molecule has 0 amide bonds. The minimum absolute atomic E-state index is 0.0146. The van der Waals surface area contributed by atoms with Crippen LogP contribution in [0.25, 0.3) is 0 Å². The number of likely N-dealkylation sites (N-methyl/N-ethyl adjacent to an activating group) is 1. The lowest BCUT2D eigenvalue weighted by Gasteiger charge is -2.14. The molecule has 4 nitrogen and oxygen atoms in total. The van der Waals surface area contributed by atoms with Gasteiger partial charge >= 0.3 is 5.97 Å². The van der Waals surface area contributed by atoms with Crippen LogP contribution in [0.4, 0.5) is 0 Å². The maximum atomic E-state index is 11.8. The fourth-order valence-corrected chi connectivity index (χ4v) is 1.76. The summed E-state index contributed by atoms with van der Waals surface area (Å²) in [5, 5.41) is 8.53. The number of rotatable bonds is 6. The second-order valence-electron chi connectivity index (χ2n) is 3.82. The number of carboxylic acids is 1. The first-order chi connectivity index (χ1) is 7.99. The van der Waals surface area contributed by atoms with Crippen molar-refractivity contribution in [2.24, 2.45) is 0 Å². The third-order valence-electron chi connectivity index (χ3n) is 2.27. The lowest BCUT2D eigenvalue weighted by Crippen LogP contribution is -2.28. The van der Waals surface area contributed by atoms with Gasteiger partial charge in [0.2, 0.25) is 0 Å². The number of Topliss-reactive ketones (excluding diaryl/α,β-unsaturated/α-hetero) is 1. The molecule has 0 saturated heterocycles. The van der Waals surface area contributed by atoms with Crippen molar-refractivity contribution in [3.63, 3.8) is 0 Å². The third-order valence-corrected chi connectivity index (χ3v) is 2.76. The predicted molar refractivity (Wildman–Crippen MR) is 68.2 cm³/mol. The second-order valence-corrected chi connectivity index (χ2v) is 4.73. The molecule has 1 rings (SSSR count). The molecule has 1 aromatic carbocycles. The van der Waals surface area contributed by atoms with E-state index < -0.39 is 5.97 Å². The van der Waals surface area contributed by atoms with E-state index in [0.29, 0.717) is 12.1 Å². The summed E-state index contributed by atoms with van der Waals surface area (Å²) in [6.07, 6.45) is 0.0439. The first-order valence-corrected chi connectivity index (χ1v) is 5.97. The molecule has 1 N–H and O–H groups in total. The van der Waals surface area contributed by atoms with Crippen LogP contribution in [0.2, 0.25) is 0 Å². The number of hydrogen-bond acceptors (Lipinski definition) is 3. The average Bonchev–Trinajstić information content (AvgIpc) is 2.26. The van der Waals surface area contributed by atoms with Gasteiger partial charge in [0.15, 0.2) is 5.78 Å². The molecule has 0 aliphatic heterocycles. The Kier molecular flexibility index (Phi) is 5.31. The van der Waals surface area contributed by atoms with Gasteiger partial charge in [0.25, 0.3) is 0 Å². The third kappa shape index (κ3) is 5.10. The van der Waals surface area contributed by atoms with Crippen LogP contribution >= 0.6 is 15.9 Å². The molecule has 0 fully saturated rings. The molecule has 0 saturated carbocycles. The van der Waals surface area contributed by atoms with E-state index >= 15 is 0 Å². The van der Waals surface area contributed by atoms with Gasteiger partial charge in [-0.1, -0.05) is 28.1 Å². The molecule has 1 aromatic rings. The summed E-state index contributed by atoms with van der Waals surface area (Å²) in [7, 11) is 1.73. The van der Waals surface area contributed by atoms with Gasteiger partial charge in [0.05, 0.1) is 13.0 Å². The Balaban J connectivity index is 2.51. The molecule has 0 unspecified atom stereocenters. The molecular formula is C12H14BrNO3. The highest BCUT2D eigenvalue weighted by Crippen LogP contribution is 2.12. The fourth-order valence-electron chi connectivity index (χ4n) is 1.36. The summed E-state index contributed by atoms with van der Waals surface area (Å²) in [4.78, 5) is 23.9. The normalized spacial score (nSPS) is 10.5. The van der Waals surface area contributed by atoms with Crippen molar-refractivity contribution in [3.8, 4) is 0 Å². The van der Waals surface area contributed by atoms with Crippen molar-refractivity contribution in [3.05, 3.63) is 34.3 Å². The van der Waals surface area contributed by atoms with Crippen LogP contribution in [0.15, 0.2) is 28.7 Å². The number of nitrogens with zero attached hydrogens (tertiary/aromatic N) is 1. The molecule has 0 aromatic heterocycles. The summed E-state index contributed by atoms with van der Waals surface area (Å²) in [5.41, 5.74) is 0.626. The largest absolute Gasteiger partial charge is 0.481 e. The molecule has 0 heterocycles. The van der Waals surface area contributed by atoms with Gasteiger partial charge in [-0.25, -0.2) is 0 Å². The van der Waals surface area contributed by atoms with E-state index in [2.05, 4.69) is 15.9 Å². The zero-order valence-corrected chi connectivity index (χ0v) is 11.1. The minimum atomic E-state index is -0.855. The van der Waals surface area contributed by atoms with Crippen molar-refractivity contribution in [1.82, 2.24) is 4.90 Å². The van der Waals surface area contributed by atoms with E-state index in [0.717, 1.165) is 4.47 Å². The quantitative estimate of drug-likeness (QED) is 0.817. The maximum absolute atomic E-state index is 11.8. The van der Waals surface area contributed by atoms with Gasteiger partial charge in [-0.05, 0) is 19.2 Å². The minimum Gasteiger partial charge on any atom is -0.481 e. The van der Waals surface area contributed by atoms with Crippen LogP contribution in [0, 0.1) is 0 Å². The zero-order chi connectivity index (χ0) is 12.8. The number of aliphatic carboxylic acids is 1. The zero-order valence-electron chi connectivity index (χ0n) is 9.52. The van der Waals surface area contributed by atoms with Crippen LogP contribution < -0.4 is 0 Å². The van der Waals surface area contributed by atoms with Crippen molar-refractivity contribution >= 4 is 27.7 Å².